The highest BCUT2D eigenvalue weighted by atomic mass is 16.5. The van der Waals surface area contributed by atoms with Gasteiger partial charge in [-0.05, 0) is 48.5 Å². The zero-order valence-corrected chi connectivity index (χ0v) is 13.4. The third-order valence-electron chi connectivity index (χ3n) is 3.64. The van der Waals surface area contributed by atoms with Crippen LogP contribution in [0.25, 0.3) is 0 Å². The number of hydrogen-bond donors (Lipinski definition) is 0. The van der Waals surface area contributed by atoms with Crippen molar-refractivity contribution in [1.29, 1.82) is 0 Å². The molecule has 0 aliphatic carbocycles. The lowest BCUT2D eigenvalue weighted by Crippen LogP contribution is -2.56. The Hall–Kier alpha value is -0.120. The molecule has 3 nitrogen and oxygen atoms in total. The van der Waals surface area contributed by atoms with Crippen molar-refractivity contribution in [2.75, 3.05) is 32.8 Å². The average molecular weight is 256 g/mol. The maximum atomic E-state index is 5.88. The minimum absolute atomic E-state index is 0.0263. The van der Waals surface area contributed by atoms with Gasteiger partial charge in [-0.3, -0.25) is 9.80 Å². The summed E-state index contributed by atoms with van der Waals surface area (Å²) < 4.78 is 5.88. The molecule has 18 heavy (non-hydrogen) atoms. The van der Waals surface area contributed by atoms with E-state index in [1.165, 1.54) is 13.1 Å². The van der Waals surface area contributed by atoms with Crippen LogP contribution in [-0.4, -0.2) is 59.8 Å². The minimum atomic E-state index is -0.0263. The molecule has 1 aliphatic heterocycles. The maximum Gasteiger partial charge on any atom is 0.0626 e. The van der Waals surface area contributed by atoms with Gasteiger partial charge in [-0.1, -0.05) is 0 Å². The molecular formula is C15H32N2O. The van der Waals surface area contributed by atoms with E-state index in [1.807, 2.05) is 0 Å². The molecule has 0 N–H and O–H groups in total. The second-order valence-corrected chi connectivity index (χ2v) is 7.47. The maximum absolute atomic E-state index is 5.88. The fourth-order valence-corrected chi connectivity index (χ4v) is 2.31. The van der Waals surface area contributed by atoms with Gasteiger partial charge in [0.25, 0.3) is 0 Å². The molecule has 0 saturated carbocycles. The van der Waals surface area contributed by atoms with Crippen LogP contribution in [0.15, 0.2) is 0 Å². The average Bonchev–Trinajstić information content (AvgIpc) is 2.24. The van der Waals surface area contributed by atoms with Gasteiger partial charge in [-0.15, -0.1) is 0 Å². The van der Waals surface area contributed by atoms with Gasteiger partial charge in [-0.25, -0.2) is 0 Å². The van der Waals surface area contributed by atoms with E-state index in [9.17, 15) is 0 Å². The summed E-state index contributed by atoms with van der Waals surface area (Å²) in [7, 11) is 0. The Balaban J connectivity index is 2.34. The molecule has 1 fully saturated rings. The summed E-state index contributed by atoms with van der Waals surface area (Å²) >= 11 is 0. The summed E-state index contributed by atoms with van der Waals surface area (Å²) in [5.74, 6) is 0. The SMILES string of the molecule is CC(COC(C)(C)C)N1CCN(C(C)(C)C)CC1. The van der Waals surface area contributed by atoms with Crippen LogP contribution in [0.2, 0.25) is 0 Å². The summed E-state index contributed by atoms with van der Waals surface area (Å²) in [5.41, 5.74) is 0.277. The van der Waals surface area contributed by atoms with Crippen molar-refractivity contribution in [1.82, 2.24) is 9.80 Å². The topological polar surface area (TPSA) is 15.7 Å². The third kappa shape index (κ3) is 5.25. The summed E-state index contributed by atoms with van der Waals surface area (Å²) in [4.78, 5) is 5.12. The van der Waals surface area contributed by atoms with E-state index in [0.717, 1.165) is 19.7 Å². The normalized spacial score (nSPS) is 22.2. The Kier molecular flexibility index (Phi) is 5.22. The van der Waals surface area contributed by atoms with Gasteiger partial charge in [0.05, 0.1) is 12.2 Å². The Bertz CT molecular complexity index is 244. The largest absolute Gasteiger partial charge is 0.374 e. The smallest absolute Gasteiger partial charge is 0.0626 e. The third-order valence-corrected chi connectivity index (χ3v) is 3.64. The van der Waals surface area contributed by atoms with Crippen LogP contribution >= 0.6 is 0 Å². The molecule has 0 aromatic heterocycles. The van der Waals surface area contributed by atoms with Gasteiger partial charge in [-0.2, -0.15) is 0 Å². The van der Waals surface area contributed by atoms with E-state index in [-0.39, 0.29) is 5.60 Å². The van der Waals surface area contributed by atoms with Crippen molar-refractivity contribution in [2.24, 2.45) is 0 Å². The lowest BCUT2D eigenvalue weighted by atomic mass is 10.0. The molecular weight excluding hydrogens is 224 g/mol. The Labute approximate surface area is 113 Å². The zero-order valence-electron chi connectivity index (χ0n) is 13.4. The van der Waals surface area contributed by atoms with Crippen LogP contribution < -0.4 is 0 Å². The minimum Gasteiger partial charge on any atom is -0.374 e. The highest BCUT2D eigenvalue weighted by Gasteiger charge is 2.28. The first-order chi connectivity index (χ1) is 8.09. The van der Waals surface area contributed by atoms with Gasteiger partial charge in [0, 0.05) is 37.8 Å². The van der Waals surface area contributed by atoms with Crippen molar-refractivity contribution >= 4 is 0 Å². The first-order valence-corrected chi connectivity index (χ1v) is 7.23. The monoisotopic (exact) mass is 256 g/mol. The van der Waals surface area contributed by atoms with Crippen LogP contribution in [0, 0.1) is 0 Å². The molecule has 1 unspecified atom stereocenters. The van der Waals surface area contributed by atoms with E-state index < -0.39 is 0 Å². The van der Waals surface area contributed by atoms with Gasteiger partial charge in [0.1, 0.15) is 0 Å². The first-order valence-electron chi connectivity index (χ1n) is 7.23. The van der Waals surface area contributed by atoms with Crippen molar-refractivity contribution in [3.05, 3.63) is 0 Å². The van der Waals surface area contributed by atoms with Gasteiger partial charge in [0.2, 0.25) is 0 Å². The van der Waals surface area contributed by atoms with Crippen molar-refractivity contribution in [3.63, 3.8) is 0 Å². The first kappa shape index (κ1) is 15.9. The predicted octanol–water partition coefficient (Wildman–Crippen LogP) is 2.61. The van der Waals surface area contributed by atoms with Crippen LogP contribution in [0.4, 0.5) is 0 Å². The molecule has 1 aliphatic rings. The molecule has 1 saturated heterocycles. The summed E-state index contributed by atoms with van der Waals surface area (Å²) in [6.07, 6.45) is 0. The zero-order chi connectivity index (χ0) is 14.0. The molecule has 1 heterocycles. The van der Waals surface area contributed by atoms with E-state index in [2.05, 4.69) is 58.3 Å². The summed E-state index contributed by atoms with van der Waals surface area (Å²) in [5, 5.41) is 0. The number of ether oxygens (including phenoxy) is 1. The highest BCUT2D eigenvalue weighted by molar-refractivity contribution is 4.83. The Morgan fingerprint density at radius 3 is 1.83 bits per heavy atom. The van der Waals surface area contributed by atoms with E-state index in [1.54, 1.807) is 0 Å². The summed E-state index contributed by atoms with van der Waals surface area (Å²) in [6, 6.07) is 0.520. The standard InChI is InChI=1S/C15H32N2O/c1-13(12-18-15(5,6)7)16-8-10-17(11-9-16)14(2,3)4/h13H,8-12H2,1-7H3. The molecule has 0 amide bonds. The van der Waals surface area contributed by atoms with Gasteiger partial charge in [0.15, 0.2) is 0 Å². The molecule has 1 atom stereocenters. The molecule has 0 spiro atoms. The lowest BCUT2D eigenvalue weighted by molar-refractivity contribution is -0.0433. The Morgan fingerprint density at radius 2 is 1.44 bits per heavy atom. The van der Waals surface area contributed by atoms with E-state index in [0.29, 0.717) is 11.6 Å². The quantitative estimate of drug-likeness (QED) is 0.772. The molecule has 3 heteroatoms. The molecule has 0 aromatic carbocycles. The number of nitrogens with zero attached hydrogens (tertiary/aromatic N) is 2. The van der Waals surface area contributed by atoms with Crippen LogP contribution in [0.1, 0.15) is 48.5 Å². The second kappa shape index (κ2) is 5.89. The molecule has 0 aromatic rings. The molecule has 1 rings (SSSR count). The van der Waals surface area contributed by atoms with Crippen LogP contribution in [-0.2, 0) is 4.74 Å². The molecule has 108 valence electrons. The van der Waals surface area contributed by atoms with Gasteiger partial charge >= 0.3 is 0 Å². The molecule has 0 radical (unpaired) electrons. The fraction of sp³-hybridized carbons (Fsp3) is 1.00. The summed E-state index contributed by atoms with van der Waals surface area (Å²) in [6.45, 7) is 21.0. The number of piperazine rings is 1. The second-order valence-electron chi connectivity index (χ2n) is 7.47. The van der Waals surface area contributed by atoms with Crippen molar-refractivity contribution in [2.45, 2.75) is 65.6 Å². The van der Waals surface area contributed by atoms with E-state index >= 15 is 0 Å². The van der Waals surface area contributed by atoms with E-state index in [4.69, 9.17) is 4.74 Å². The fourth-order valence-electron chi connectivity index (χ4n) is 2.31. The van der Waals surface area contributed by atoms with Crippen LogP contribution in [0.5, 0.6) is 0 Å². The van der Waals surface area contributed by atoms with Crippen molar-refractivity contribution < 1.29 is 4.74 Å². The lowest BCUT2D eigenvalue weighted by Gasteiger charge is -2.44. The van der Waals surface area contributed by atoms with Crippen molar-refractivity contribution in [3.8, 4) is 0 Å². The van der Waals surface area contributed by atoms with Gasteiger partial charge < -0.3 is 4.74 Å². The predicted molar refractivity (Wildman–Crippen MR) is 78.1 cm³/mol. The highest BCUT2D eigenvalue weighted by Crippen LogP contribution is 2.17. The van der Waals surface area contributed by atoms with Crippen LogP contribution in [0.3, 0.4) is 0 Å². The number of rotatable bonds is 3. The molecule has 0 bridgehead atoms. The number of hydrogen-bond acceptors (Lipinski definition) is 3. The Morgan fingerprint density at radius 1 is 0.944 bits per heavy atom.